The second kappa shape index (κ2) is 4.43. The quantitative estimate of drug-likeness (QED) is 0.802. The van der Waals surface area contributed by atoms with Crippen LogP contribution < -0.4 is 5.73 Å². The second-order valence-corrected chi connectivity index (χ2v) is 5.83. The first-order chi connectivity index (χ1) is 10.2. The molecular formula is C16H19N5. The standard InChI is InChI=1S/C16H19N5/c1-10-13(9-18-20(10)2)16-19-14-7-11(8-17)3-6-15(14)21(16)12-4-5-12/h3,6-7,9,12H,4-5,8,17H2,1-2H3. The average Bonchev–Trinajstić information content (AvgIpc) is 3.19. The van der Waals surface area contributed by atoms with E-state index in [1.165, 1.54) is 18.4 Å². The van der Waals surface area contributed by atoms with Crippen LogP contribution in [0.3, 0.4) is 0 Å². The van der Waals surface area contributed by atoms with Gasteiger partial charge in [-0.05, 0) is 37.5 Å². The topological polar surface area (TPSA) is 61.7 Å². The lowest BCUT2D eigenvalue weighted by Gasteiger charge is -2.07. The molecule has 0 radical (unpaired) electrons. The van der Waals surface area contributed by atoms with E-state index in [-0.39, 0.29) is 0 Å². The van der Waals surface area contributed by atoms with E-state index in [4.69, 9.17) is 10.7 Å². The number of benzene rings is 1. The van der Waals surface area contributed by atoms with E-state index in [9.17, 15) is 0 Å². The number of aromatic nitrogens is 4. The third-order valence-electron chi connectivity index (χ3n) is 4.38. The van der Waals surface area contributed by atoms with Gasteiger partial charge in [0.1, 0.15) is 5.82 Å². The Morgan fingerprint density at radius 2 is 2.14 bits per heavy atom. The van der Waals surface area contributed by atoms with Gasteiger partial charge in [0.25, 0.3) is 0 Å². The van der Waals surface area contributed by atoms with Crippen molar-refractivity contribution in [1.82, 2.24) is 19.3 Å². The molecule has 1 aromatic carbocycles. The molecule has 0 spiro atoms. The fourth-order valence-corrected chi connectivity index (χ4v) is 2.88. The molecule has 0 aliphatic heterocycles. The van der Waals surface area contributed by atoms with Gasteiger partial charge in [0, 0.05) is 25.3 Å². The molecule has 0 amide bonds. The first-order valence-electron chi connectivity index (χ1n) is 7.39. The largest absolute Gasteiger partial charge is 0.326 e. The lowest BCUT2D eigenvalue weighted by atomic mass is 10.2. The maximum atomic E-state index is 5.75. The van der Waals surface area contributed by atoms with Gasteiger partial charge < -0.3 is 10.3 Å². The summed E-state index contributed by atoms with van der Waals surface area (Å²) >= 11 is 0. The number of aryl methyl sites for hydroxylation is 1. The molecule has 3 aromatic rings. The normalized spacial score (nSPS) is 15.0. The van der Waals surface area contributed by atoms with Crippen LogP contribution in [0.5, 0.6) is 0 Å². The molecule has 4 rings (SSSR count). The SMILES string of the molecule is Cc1c(-c2nc3cc(CN)ccc3n2C2CC2)cnn1C. The molecule has 1 aliphatic rings. The fourth-order valence-electron chi connectivity index (χ4n) is 2.88. The molecule has 1 fully saturated rings. The molecule has 21 heavy (non-hydrogen) atoms. The number of fused-ring (bicyclic) bond motifs is 1. The first kappa shape index (κ1) is 12.6. The Morgan fingerprint density at radius 1 is 1.33 bits per heavy atom. The van der Waals surface area contributed by atoms with Crippen molar-refractivity contribution < 1.29 is 0 Å². The molecule has 1 saturated carbocycles. The highest BCUT2D eigenvalue weighted by atomic mass is 15.3. The maximum absolute atomic E-state index is 5.75. The summed E-state index contributed by atoms with van der Waals surface area (Å²) in [6, 6.07) is 6.93. The van der Waals surface area contributed by atoms with Crippen molar-refractivity contribution in [2.24, 2.45) is 12.8 Å². The van der Waals surface area contributed by atoms with E-state index in [1.807, 2.05) is 17.9 Å². The number of rotatable bonds is 3. The Kier molecular flexibility index (Phi) is 2.65. The number of hydrogen-bond donors (Lipinski definition) is 1. The molecule has 5 heteroatoms. The van der Waals surface area contributed by atoms with Gasteiger partial charge in [0.2, 0.25) is 0 Å². The van der Waals surface area contributed by atoms with E-state index >= 15 is 0 Å². The van der Waals surface area contributed by atoms with Gasteiger partial charge in [-0.3, -0.25) is 4.68 Å². The van der Waals surface area contributed by atoms with Crippen molar-refractivity contribution in [3.05, 3.63) is 35.7 Å². The van der Waals surface area contributed by atoms with Crippen LogP contribution in [0.25, 0.3) is 22.4 Å². The highest BCUT2D eigenvalue weighted by molar-refractivity contribution is 5.82. The number of hydrogen-bond acceptors (Lipinski definition) is 3. The van der Waals surface area contributed by atoms with Gasteiger partial charge in [-0.2, -0.15) is 5.10 Å². The van der Waals surface area contributed by atoms with E-state index in [0.717, 1.165) is 28.2 Å². The number of nitrogens with zero attached hydrogens (tertiary/aromatic N) is 4. The highest BCUT2D eigenvalue weighted by Gasteiger charge is 2.29. The summed E-state index contributed by atoms with van der Waals surface area (Å²) in [4.78, 5) is 4.88. The van der Waals surface area contributed by atoms with Crippen LogP contribution in [0.4, 0.5) is 0 Å². The highest BCUT2D eigenvalue weighted by Crippen LogP contribution is 2.41. The number of nitrogens with two attached hydrogens (primary N) is 1. The van der Waals surface area contributed by atoms with E-state index in [1.54, 1.807) is 0 Å². The monoisotopic (exact) mass is 281 g/mol. The minimum atomic E-state index is 0.549. The second-order valence-electron chi connectivity index (χ2n) is 5.83. The van der Waals surface area contributed by atoms with Gasteiger partial charge in [0.05, 0.1) is 22.8 Å². The summed E-state index contributed by atoms with van der Waals surface area (Å²) in [6.45, 7) is 2.64. The summed E-state index contributed by atoms with van der Waals surface area (Å²) in [6.07, 6.45) is 4.38. The Labute approximate surface area is 123 Å². The molecule has 2 heterocycles. The van der Waals surface area contributed by atoms with Gasteiger partial charge in [-0.25, -0.2) is 4.98 Å². The molecule has 0 saturated heterocycles. The van der Waals surface area contributed by atoms with Crippen LogP contribution in [0.1, 0.15) is 30.1 Å². The molecule has 108 valence electrons. The summed E-state index contributed by atoms with van der Waals surface area (Å²) in [5.41, 5.74) is 11.4. The third kappa shape index (κ3) is 1.88. The van der Waals surface area contributed by atoms with Crippen molar-refractivity contribution >= 4 is 11.0 Å². The van der Waals surface area contributed by atoms with Crippen molar-refractivity contribution in [3.63, 3.8) is 0 Å². The summed E-state index contributed by atoms with van der Waals surface area (Å²) in [5, 5.41) is 4.36. The van der Waals surface area contributed by atoms with Crippen LogP contribution in [-0.2, 0) is 13.6 Å². The lowest BCUT2D eigenvalue weighted by molar-refractivity contribution is 0.738. The Bertz CT molecular complexity index is 823. The minimum absolute atomic E-state index is 0.549. The van der Waals surface area contributed by atoms with Crippen molar-refractivity contribution in [1.29, 1.82) is 0 Å². The smallest absolute Gasteiger partial charge is 0.144 e. The van der Waals surface area contributed by atoms with Crippen molar-refractivity contribution in [2.45, 2.75) is 32.4 Å². The van der Waals surface area contributed by atoms with Crippen LogP contribution in [-0.4, -0.2) is 19.3 Å². The fraction of sp³-hybridized carbons (Fsp3) is 0.375. The van der Waals surface area contributed by atoms with Crippen molar-refractivity contribution in [2.75, 3.05) is 0 Å². The van der Waals surface area contributed by atoms with Crippen LogP contribution in [0.15, 0.2) is 24.4 Å². The lowest BCUT2D eigenvalue weighted by Crippen LogP contribution is -1.99. The molecule has 1 aliphatic carbocycles. The molecule has 5 nitrogen and oxygen atoms in total. The van der Waals surface area contributed by atoms with Gasteiger partial charge in [-0.15, -0.1) is 0 Å². The molecule has 0 unspecified atom stereocenters. The van der Waals surface area contributed by atoms with Crippen LogP contribution >= 0.6 is 0 Å². The predicted octanol–water partition coefficient (Wildman–Crippen LogP) is 2.54. The number of imidazole rings is 1. The average molecular weight is 281 g/mol. The summed E-state index contributed by atoms with van der Waals surface area (Å²) in [5.74, 6) is 1.03. The molecule has 0 atom stereocenters. The predicted molar refractivity (Wildman–Crippen MR) is 82.8 cm³/mol. The van der Waals surface area contributed by atoms with Gasteiger partial charge >= 0.3 is 0 Å². The van der Waals surface area contributed by atoms with E-state index in [0.29, 0.717) is 12.6 Å². The zero-order valence-corrected chi connectivity index (χ0v) is 12.4. The molecule has 2 N–H and O–H groups in total. The zero-order chi connectivity index (χ0) is 14.6. The minimum Gasteiger partial charge on any atom is -0.326 e. The van der Waals surface area contributed by atoms with Crippen molar-refractivity contribution in [3.8, 4) is 11.4 Å². The Morgan fingerprint density at radius 3 is 2.76 bits per heavy atom. The first-order valence-corrected chi connectivity index (χ1v) is 7.39. The Hall–Kier alpha value is -2.14. The Balaban J connectivity index is 1.99. The van der Waals surface area contributed by atoms with Crippen LogP contribution in [0.2, 0.25) is 0 Å². The van der Waals surface area contributed by atoms with Gasteiger partial charge in [-0.1, -0.05) is 6.07 Å². The third-order valence-corrected chi connectivity index (χ3v) is 4.38. The molecule has 2 aromatic heterocycles. The summed E-state index contributed by atoms with van der Waals surface area (Å²) < 4.78 is 4.27. The maximum Gasteiger partial charge on any atom is 0.144 e. The van der Waals surface area contributed by atoms with E-state index in [2.05, 4.69) is 34.8 Å². The van der Waals surface area contributed by atoms with Crippen LogP contribution in [0, 0.1) is 6.92 Å². The summed E-state index contributed by atoms with van der Waals surface area (Å²) in [7, 11) is 1.97. The zero-order valence-electron chi connectivity index (χ0n) is 12.4. The van der Waals surface area contributed by atoms with E-state index < -0.39 is 0 Å². The van der Waals surface area contributed by atoms with Gasteiger partial charge in [0.15, 0.2) is 0 Å². The molecule has 0 bridgehead atoms. The molecular weight excluding hydrogens is 262 g/mol.